The van der Waals surface area contributed by atoms with Gasteiger partial charge in [0.15, 0.2) is 6.29 Å². The number of amides is 1. The average Bonchev–Trinajstić information content (AvgIpc) is 0.834. The van der Waals surface area contributed by atoms with E-state index in [4.69, 9.17) is 14.2 Å². The smallest absolute Gasteiger partial charge is 0.305 e. The molecule has 0 bridgehead atoms. The summed E-state index contributed by atoms with van der Waals surface area (Å²) in [4.78, 5) is 25.2. The van der Waals surface area contributed by atoms with Gasteiger partial charge in [0.2, 0.25) is 5.91 Å². The van der Waals surface area contributed by atoms with E-state index in [1.807, 2.05) is 6.08 Å². The summed E-state index contributed by atoms with van der Waals surface area (Å²) in [5, 5.41) is 54.3. The molecule has 0 aliphatic carbocycles. The summed E-state index contributed by atoms with van der Waals surface area (Å²) in [6.07, 6.45) is 85.1. The molecule has 94 heavy (non-hydrogen) atoms. The second kappa shape index (κ2) is 72.1. The SMILES string of the molecule is CCCCC/C=C/CC/C=C/C(O)C(COC1OC(CO)C(O)C(O)C1O)NC(=O)CCCCCCCCCCCCCCCCCCC/C=C\CCCCCCCCCCCCCCCCCCCCOC(=O)CCCCCCCCCCCCCCCCCCCC. The second-order valence-corrected chi connectivity index (χ2v) is 28.8. The molecule has 0 spiro atoms. The van der Waals surface area contributed by atoms with E-state index in [0.717, 1.165) is 51.4 Å². The van der Waals surface area contributed by atoms with Crippen LogP contribution in [0.1, 0.15) is 418 Å². The first-order valence-electron chi connectivity index (χ1n) is 41.3. The number of carbonyl (C=O) groups is 2. The number of esters is 1. The number of nitrogens with one attached hydrogen (secondary N) is 1. The molecule has 0 aromatic rings. The minimum absolute atomic E-state index is 0.0218. The predicted molar refractivity (Wildman–Crippen MR) is 398 cm³/mol. The van der Waals surface area contributed by atoms with E-state index in [2.05, 4.69) is 43.5 Å². The highest BCUT2D eigenvalue weighted by atomic mass is 16.7. The van der Waals surface area contributed by atoms with E-state index < -0.39 is 49.5 Å². The fourth-order valence-electron chi connectivity index (χ4n) is 13.3. The van der Waals surface area contributed by atoms with Gasteiger partial charge in [0.25, 0.3) is 0 Å². The maximum absolute atomic E-state index is 13.0. The average molecular weight is 1330 g/mol. The van der Waals surface area contributed by atoms with E-state index >= 15 is 0 Å². The summed E-state index contributed by atoms with van der Waals surface area (Å²) in [6, 6.07) is -0.823. The van der Waals surface area contributed by atoms with Crippen molar-refractivity contribution in [2.45, 2.75) is 461 Å². The summed E-state index contributed by atoms with van der Waals surface area (Å²) >= 11 is 0. The third-order valence-corrected chi connectivity index (χ3v) is 19.7. The second-order valence-electron chi connectivity index (χ2n) is 28.8. The Morgan fingerprint density at radius 3 is 1.07 bits per heavy atom. The number of ether oxygens (including phenoxy) is 3. The normalized spacial score (nSPS) is 17.5. The number of aliphatic hydroxyl groups is 5. The Morgan fingerprint density at radius 2 is 0.691 bits per heavy atom. The van der Waals surface area contributed by atoms with Crippen LogP contribution < -0.4 is 5.32 Å². The minimum atomic E-state index is -1.57. The molecule has 554 valence electrons. The first-order chi connectivity index (χ1) is 46.2. The molecule has 0 aromatic carbocycles. The van der Waals surface area contributed by atoms with Crippen molar-refractivity contribution < 1.29 is 49.3 Å². The molecular weight excluding hydrogens is 1170 g/mol. The van der Waals surface area contributed by atoms with Crippen molar-refractivity contribution in [2.75, 3.05) is 19.8 Å². The van der Waals surface area contributed by atoms with Crippen molar-refractivity contribution in [2.24, 2.45) is 0 Å². The van der Waals surface area contributed by atoms with Crippen LogP contribution in [0.2, 0.25) is 0 Å². The van der Waals surface area contributed by atoms with Crippen LogP contribution >= 0.6 is 0 Å². The number of rotatable bonds is 74. The fourth-order valence-corrected chi connectivity index (χ4v) is 13.3. The first kappa shape index (κ1) is 89.9. The molecule has 1 saturated heterocycles. The fraction of sp³-hybridized carbons (Fsp3) is 0.904. The Morgan fingerprint density at radius 1 is 0.383 bits per heavy atom. The molecule has 7 unspecified atom stereocenters. The van der Waals surface area contributed by atoms with Crippen LogP contribution in [0.25, 0.3) is 0 Å². The highest BCUT2D eigenvalue weighted by molar-refractivity contribution is 5.76. The summed E-state index contributed by atoms with van der Waals surface area (Å²) in [7, 11) is 0. The molecular formula is C83H157NO10. The lowest BCUT2D eigenvalue weighted by atomic mass is 9.99. The van der Waals surface area contributed by atoms with Crippen molar-refractivity contribution >= 4 is 11.9 Å². The largest absolute Gasteiger partial charge is 0.466 e. The lowest BCUT2D eigenvalue weighted by Crippen LogP contribution is -2.60. The zero-order valence-electron chi connectivity index (χ0n) is 62.0. The summed E-state index contributed by atoms with van der Waals surface area (Å²) in [6.45, 7) is 4.33. The Bertz CT molecular complexity index is 1660. The van der Waals surface area contributed by atoms with Crippen molar-refractivity contribution in [1.82, 2.24) is 5.32 Å². The highest BCUT2D eigenvalue weighted by Gasteiger charge is 2.44. The van der Waals surface area contributed by atoms with Crippen molar-refractivity contribution in [3.8, 4) is 0 Å². The topological polar surface area (TPSA) is 175 Å². The maximum atomic E-state index is 13.0. The van der Waals surface area contributed by atoms with Crippen molar-refractivity contribution in [3.05, 3.63) is 36.5 Å². The van der Waals surface area contributed by atoms with Gasteiger partial charge in [-0.2, -0.15) is 0 Å². The Labute approximate surface area is 581 Å². The van der Waals surface area contributed by atoms with Crippen LogP contribution in [0.3, 0.4) is 0 Å². The monoisotopic (exact) mass is 1330 g/mol. The molecule has 1 heterocycles. The summed E-state index contributed by atoms with van der Waals surface area (Å²) in [5.41, 5.74) is 0. The van der Waals surface area contributed by atoms with Crippen LogP contribution in [-0.2, 0) is 23.8 Å². The van der Waals surface area contributed by atoms with Crippen LogP contribution in [0.4, 0.5) is 0 Å². The van der Waals surface area contributed by atoms with Crippen LogP contribution in [0, 0.1) is 0 Å². The Hall–Kier alpha value is -2.12. The Kier molecular flexibility index (Phi) is 69.0. The van der Waals surface area contributed by atoms with E-state index in [0.29, 0.717) is 19.4 Å². The predicted octanol–water partition coefficient (Wildman–Crippen LogP) is 22.5. The number of hydrogen-bond donors (Lipinski definition) is 6. The van der Waals surface area contributed by atoms with Gasteiger partial charge in [0.1, 0.15) is 24.4 Å². The maximum Gasteiger partial charge on any atom is 0.305 e. The molecule has 0 radical (unpaired) electrons. The lowest BCUT2D eigenvalue weighted by molar-refractivity contribution is -0.302. The molecule has 11 heteroatoms. The van der Waals surface area contributed by atoms with Gasteiger partial charge in [-0.15, -0.1) is 0 Å². The van der Waals surface area contributed by atoms with Crippen LogP contribution in [0.15, 0.2) is 36.5 Å². The zero-order valence-corrected chi connectivity index (χ0v) is 62.0. The van der Waals surface area contributed by atoms with E-state index in [-0.39, 0.29) is 18.5 Å². The number of carbonyl (C=O) groups excluding carboxylic acids is 2. The lowest BCUT2D eigenvalue weighted by Gasteiger charge is -2.40. The first-order valence-corrected chi connectivity index (χ1v) is 41.3. The van der Waals surface area contributed by atoms with Crippen LogP contribution in [0.5, 0.6) is 0 Å². The number of allylic oxidation sites excluding steroid dienone is 5. The molecule has 11 nitrogen and oxygen atoms in total. The Balaban J connectivity index is 1.83. The molecule has 1 rings (SSSR count). The van der Waals surface area contributed by atoms with Gasteiger partial charge >= 0.3 is 5.97 Å². The molecule has 7 atom stereocenters. The standard InChI is InChI=1S/C83H157NO10/c1-3-5-7-9-11-13-14-15-16-17-42-45-48-51-55-59-63-67-71-79(88)92-72-68-64-60-56-52-49-46-43-40-38-36-34-32-30-28-26-24-22-20-18-19-21-23-25-27-29-31-33-35-37-39-41-44-47-50-54-58-62-66-70-78(87)84-75(76(86)69-65-61-57-53-12-10-8-6-4-2)74-93-83-82(91)81(90)80(89)77(73-85)94-83/h12,18-19,53,65,69,75-77,80-83,85-86,89-91H,3-11,13-17,20-52,54-64,66-68,70-74H2,1-2H3,(H,84,87)/b19-18-,53-12+,69-65+. The quantitative estimate of drug-likeness (QED) is 0.0195. The van der Waals surface area contributed by atoms with Gasteiger partial charge in [-0.25, -0.2) is 0 Å². The molecule has 1 amide bonds. The van der Waals surface area contributed by atoms with E-state index in [1.165, 1.54) is 340 Å². The van der Waals surface area contributed by atoms with Crippen LogP contribution in [-0.4, -0.2) is 100 Å². The number of hydrogen-bond acceptors (Lipinski definition) is 10. The van der Waals surface area contributed by atoms with Crippen molar-refractivity contribution in [1.29, 1.82) is 0 Å². The molecule has 0 aromatic heterocycles. The molecule has 1 aliphatic rings. The van der Waals surface area contributed by atoms with Gasteiger partial charge in [0, 0.05) is 12.8 Å². The molecule has 1 aliphatic heterocycles. The third-order valence-electron chi connectivity index (χ3n) is 19.7. The van der Waals surface area contributed by atoms with Gasteiger partial charge in [-0.05, 0) is 70.6 Å². The number of unbranched alkanes of at least 4 members (excludes halogenated alkanes) is 56. The molecule has 1 fully saturated rings. The van der Waals surface area contributed by atoms with E-state index in [1.54, 1.807) is 6.08 Å². The third kappa shape index (κ3) is 59.9. The summed E-state index contributed by atoms with van der Waals surface area (Å²) in [5.74, 6) is -0.167. The zero-order chi connectivity index (χ0) is 67.9. The number of aliphatic hydroxyl groups excluding tert-OH is 5. The summed E-state index contributed by atoms with van der Waals surface area (Å²) < 4.78 is 16.7. The minimum Gasteiger partial charge on any atom is -0.466 e. The molecule has 6 N–H and O–H groups in total. The van der Waals surface area contributed by atoms with Gasteiger partial charge in [-0.1, -0.05) is 371 Å². The highest BCUT2D eigenvalue weighted by Crippen LogP contribution is 2.24. The van der Waals surface area contributed by atoms with Gasteiger partial charge in [0.05, 0.1) is 32.0 Å². The van der Waals surface area contributed by atoms with Crippen molar-refractivity contribution in [3.63, 3.8) is 0 Å². The van der Waals surface area contributed by atoms with E-state index in [9.17, 15) is 35.1 Å². The van der Waals surface area contributed by atoms with Gasteiger partial charge < -0.3 is 45.1 Å². The molecule has 0 saturated carbocycles. The van der Waals surface area contributed by atoms with Gasteiger partial charge in [-0.3, -0.25) is 9.59 Å².